The predicted molar refractivity (Wildman–Crippen MR) is 165 cm³/mol. The van der Waals surface area contributed by atoms with Gasteiger partial charge in [0.05, 0.1) is 0 Å². The molecule has 7 aromatic rings. The normalized spacial score (nSPS) is 11.0. The van der Waals surface area contributed by atoms with Crippen molar-refractivity contribution in [2.24, 2.45) is 0 Å². The summed E-state index contributed by atoms with van der Waals surface area (Å²) in [4.78, 5) is 6.95. The summed E-state index contributed by atoms with van der Waals surface area (Å²) in [6, 6.07) is 54.6. The Morgan fingerprint density at radius 2 is 0.775 bits per heavy atom. The molecule has 0 bridgehead atoms. The molecule has 3 heteroatoms. The number of para-hydroxylation sites is 2. The number of hydrogen-bond acceptors (Lipinski definition) is 3. The third kappa shape index (κ3) is 4.65. The monoisotopic (exact) mass is 514 g/mol. The zero-order valence-electron chi connectivity index (χ0n) is 21.8. The highest BCUT2D eigenvalue weighted by atomic mass is 16.3. The minimum atomic E-state index is 0.624. The first-order valence-electron chi connectivity index (χ1n) is 13.4. The van der Waals surface area contributed by atoms with E-state index in [4.69, 9.17) is 4.42 Å². The van der Waals surface area contributed by atoms with Gasteiger partial charge in [-0.1, -0.05) is 97.1 Å². The first-order chi connectivity index (χ1) is 19.8. The predicted octanol–water partition coefficient (Wildman–Crippen LogP) is 10.3. The van der Waals surface area contributed by atoms with Crippen molar-refractivity contribution in [1.82, 2.24) is 4.98 Å². The lowest BCUT2D eigenvalue weighted by Gasteiger charge is -2.26. The first-order valence-corrected chi connectivity index (χ1v) is 13.4. The maximum atomic E-state index is 6.01. The van der Waals surface area contributed by atoms with Crippen LogP contribution in [0.25, 0.3) is 44.8 Å². The molecule has 0 aliphatic carbocycles. The fraction of sp³-hybridized carbons (Fsp3) is 0. The van der Waals surface area contributed by atoms with E-state index < -0.39 is 0 Å². The van der Waals surface area contributed by atoms with Crippen molar-refractivity contribution in [3.05, 3.63) is 158 Å². The van der Waals surface area contributed by atoms with Crippen LogP contribution in [-0.2, 0) is 0 Å². The van der Waals surface area contributed by atoms with Crippen LogP contribution in [0.2, 0.25) is 0 Å². The SMILES string of the molecule is c1ccc(-c2ccc(N(c3ccc(-c4ccccc4)cc3)c3ccc(-c4nc5ccccc5o4)cc3)cc2)cc1. The van der Waals surface area contributed by atoms with E-state index in [1.54, 1.807) is 0 Å². The van der Waals surface area contributed by atoms with Crippen molar-refractivity contribution in [2.45, 2.75) is 0 Å². The Kier molecular flexibility index (Phi) is 6.15. The van der Waals surface area contributed by atoms with Crippen LogP contribution >= 0.6 is 0 Å². The van der Waals surface area contributed by atoms with Gasteiger partial charge in [-0.05, 0) is 82.9 Å². The molecule has 7 rings (SSSR count). The molecule has 6 aromatic carbocycles. The van der Waals surface area contributed by atoms with E-state index in [2.05, 4.69) is 131 Å². The minimum absolute atomic E-state index is 0.624. The molecule has 0 radical (unpaired) electrons. The number of hydrogen-bond donors (Lipinski definition) is 0. The summed E-state index contributed by atoms with van der Waals surface area (Å²) in [5.74, 6) is 0.624. The summed E-state index contributed by atoms with van der Waals surface area (Å²) in [5, 5.41) is 0. The van der Waals surface area contributed by atoms with Crippen LogP contribution in [-0.4, -0.2) is 4.98 Å². The lowest BCUT2D eigenvalue weighted by Crippen LogP contribution is -2.09. The van der Waals surface area contributed by atoms with Gasteiger partial charge >= 0.3 is 0 Å². The number of nitrogens with zero attached hydrogens (tertiary/aromatic N) is 2. The average molecular weight is 515 g/mol. The van der Waals surface area contributed by atoms with E-state index in [9.17, 15) is 0 Å². The molecule has 0 spiro atoms. The smallest absolute Gasteiger partial charge is 0.227 e. The maximum Gasteiger partial charge on any atom is 0.227 e. The molecule has 190 valence electrons. The third-order valence-electron chi connectivity index (χ3n) is 7.13. The molecule has 0 saturated heterocycles. The van der Waals surface area contributed by atoms with Gasteiger partial charge in [-0.3, -0.25) is 0 Å². The fourth-order valence-electron chi connectivity index (χ4n) is 5.06. The van der Waals surface area contributed by atoms with Gasteiger partial charge in [-0.25, -0.2) is 4.98 Å². The number of oxazole rings is 1. The number of anilines is 3. The Morgan fingerprint density at radius 1 is 0.375 bits per heavy atom. The summed E-state index contributed by atoms with van der Waals surface area (Å²) in [5.41, 5.74) is 10.6. The Bertz CT molecular complexity index is 1740. The van der Waals surface area contributed by atoms with Crippen molar-refractivity contribution in [3.8, 4) is 33.7 Å². The van der Waals surface area contributed by atoms with Gasteiger partial charge in [0.1, 0.15) is 5.52 Å². The van der Waals surface area contributed by atoms with E-state index >= 15 is 0 Å². The van der Waals surface area contributed by atoms with Gasteiger partial charge < -0.3 is 9.32 Å². The van der Waals surface area contributed by atoms with Crippen molar-refractivity contribution in [2.75, 3.05) is 4.90 Å². The number of fused-ring (bicyclic) bond motifs is 1. The fourth-order valence-corrected chi connectivity index (χ4v) is 5.06. The van der Waals surface area contributed by atoms with E-state index in [0.29, 0.717) is 5.89 Å². The highest BCUT2D eigenvalue weighted by molar-refractivity contribution is 5.81. The summed E-state index contributed by atoms with van der Waals surface area (Å²) in [7, 11) is 0. The van der Waals surface area contributed by atoms with Gasteiger partial charge in [-0.15, -0.1) is 0 Å². The molecule has 0 aliphatic rings. The second kappa shape index (κ2) is 10.4. The summed E-state index contributed by atoms with van der Waals surface area (Å²) < 4.78 is 6.01. The largest absolute Gasteiger partial charge is 0.436 e. The van der Waals surface area contributed by atoms with Crippen LogP contribution in [0.1, 0.15) is 0 Å². The molecule has 0 atom stereocenters. The Morgan fingerprint density at radius 3 is 1.25 bits per heavy atom. The van der Waals surface area contributed by atoms with Crippen molar-refractivity contribution < 1.29 is 4.42 Å². The first kappa shape index (κ1) is 23.7. The third-order valence-corrected chi connectivity index (χ3v) is 7.13. The van der Waals surface area contributed by atoms with Crippen molar-refractivity contribution in [1.29, 1.82) is 0 Å². The lowest BCUT2D eigenvalue weighted by atomic mass is 10.0. The van der Waals surface area contributed by atoms with E-state index in [1.807, 2.05) is 36.4 Å². The van der Waals surface area contributed by atoms with E-state index in [0.717, 1.165) is 33.7 Å². The van der Waals surface area contributed by atoms with Crippen LogP contribution < -0.4 is 4.90 Å². The molecular formula is C37H26N2O. The Balaban J connectivity index is 1.26. The number of rotatable bonds is 6. The highest BCUT2D eigenvalue weighted by Gasteiger charge is 2.15. The standard InChI is InChI=1S/C37H26N2O/c1-3-9-27(10-4-1)29-15-21-32(22-16-29)39(33-23-17-30(18-24-33)28-11-5-2-6-12-28)34-25-19-31(20-26-34)37-38-35-13-7-8-14-36(35)40-37/h1-26H. The molecule has 3 nitrogen and oxygen atoms in total. The molecule has 1 aromatic heterocycles. The van der Waals surface area contributed by atoms with Gasteiger partial charge in [0.2, 0.25) is 5.89 Å². The maximum absolute atomic E-state index is 6.01. The second-order valence-corrected chi connectivity index (χ2v) is 9.69. The average Bonchev–Trinajstić information content (AvgIpc) is 3.48. The van der Waals surface area contributed by atoms with E-state index in [1.165, 1.54) is 22.3 Å². The highest BCUT2D eigenvalue weighted by Crippen LogP contribution is 2.37. The zero-order chi connectivity index (χ0) is 26.7. The van der Waals surface area contributed by atoms with Crippen LogP contribution in [0, 0.1) is 0 Å². The summed E-state index contributed by atoms with van der Waals surface area (Å²) in [6.45, 7) is 0. The van der Waals surface area contributed by atoms with Gasteiger partial charge in [0, 0.05) is 22.6 Å². The Hall–Kier alpha value is -5.41. The molecule has 0 aliphatic heterocycles. The lowest BCUT2D eigenvalue weighted by molar-refractivity contribution is 0.620. The van der Waals surface area contributed by atoms with Gasteiger partial charge in [0.15, 0.2) is 5.58 Å². The molecule has 40 heavy (non-hydrogen) atoms. The van der Waals surface area contributed by atoms with Crippen LogP contribution in [0.5, 0.6) is 0 Å². The van der Waals surface area contributed by atoms with Crippen LogP contribution in [0.4, 0.5) is 17.1 Å². The van der Waals surface area contributed by atoms with E-state index in [-0.39, 0.29) is 0 Å². The number of benzene rings is 6. The van der Waals surface area contributed by atoms with Gasteiger partial charge in [-0.2, -0.15) is 0 Å². The molecule has 0 amide bonds. The molecule has 0 saturated carbocycles. The summed E-state index contributed by atoms with van der Waals surface area (Å²) >= 11 is 0. The topological polar surface area (TPSA) is 29.3 Å². The molecule has 1 heterocycles. The van der Waals surface area contributed by atoms with Crippen LogP contribution in [0.15, 0.2) is 162 Å². The number of aromatic nitrogens is 1. The van der Waals surface area contributed by atoms with Crippen LogP contribution in [0.3, 0.4) is 0 Å². The molecule has 0 fully saturated rings. The Labute approximate surface area is 233 Å². The van der Waals surface area contributed by atoms with Crippen molar-refractivity contribution in [3.63, 3.8) is 0 Å². The second-order valence-electron chi connectivity index (χ2n) is 9.69. The van der Waals surface area contributed by atoms with Crippen molar-refractivity contribution >= 4 is 28.2 Å². The zero-order valence-corrected chi connectivity index (χ0v) is 21.8. The molecular weight excluding hydrogens is 488 g/mol. The van der Waals surface area contributed by atoms with Gasteiger partial charge in [0.25, 0.3) is 0 Å². The molecule has 0 unspecified atom stereocenters. The minimum Gasteiger partial charge on any atom is -0.436 e. The molecule has 0 N–H and O–H groups in total. The summed E-state index contributed by atoms with van der Waals surface area (Å²) in [6.07, 6.45) is 0. The quantitative estimate of drug-likeness (QED) is 0.221.